The van der Waals surface area contributed by atoms with Crippen LogP contribution in [0.2, 0.25) is 0 Å². The molecular weight excluding hydrogens is 348 g/mol. The molecule has 2 aliphatic rings. The Kier molecular flexibility index (Phi) is 3.16. The first-order valence-corrected chi connectivity index (χ1v) is 7.83. The quantitative estimate of drug-likeness (QED) is 0.670. The molecule has 2 heterocycles. The van der Waals surface area contributed by atoms with E-state index in [0.29, 0.717) is 18.8 Å². The van der Waals surface area contributed by atoms with Gasteiger partial charge in [-0.1, -0.05) is 15.9 Å². The number of fused-ring (bicyclic) bond motifs is 4. The highest BCUT2D eigenvalue weighted by molar-refractivity contribution is 9.10. The molecule has 0 saturated carbocycles. The standard InChI is InChI=1S/C16H15BrN2O3/c17-9-1-3-13-11(5-9)16(8-19-7-15(18)22-16)12-6-10(20)2-4-14(12)21-13/h1-6,15,19-20H,7-8,18H2/t15-,16?/m1/s1. The lowest BCUT2D eigenvalue weighted by Crippen LogP contribution is -2.56. The van der Waals surface area contributed by atoms with E-state index in [1.807, 2.05) is 18.2 Å². The summed E-state index contributed by atoms with van der Waals surface area (Å²) in [6, 6.07) is 10.8. The summed E-state index contributed by atoms with van der Waals surface area (Å²) in [6.07, 6.45) is -0.436. The summed E-state index contributed by atoms with van der Waals surface area (Å²) >= 11 is 3.50. The fourth-order valence-electron chi connectivity index (χ4n) is 3.14. The number of rotatable bonds is 0. The highest BCUT2D eigenvalue weighted by Crippen LogP contribution is 2.51. The Morgan fingerprint density at radius 2 is 1.91 bits per heavy atom. The van der Waals surface area contributed by atoms with E-state index in [2.05, 4.69) is 21.2 Å². The summed E-state index contributed by atoms with van der Waals surface area (Å²) in [6.45, 7) is 1.14. The second-order valence-electron chi connectivity index (χ2n) is 5.54. The molecule has 0 aromatic heterocycles. The maximum atomic E-state index is 9.90. The molecule has 5 nitrogen and oxygen atoms in total. The van der Waals surface area contributed by atoms with Crippen LogP contribution in [-0.2, 0) is 10.3 Å². The van der Waals surface area contributed by atoms with Gasteiger partial charge in [-0.15, -0.1) is 0 Å². The molecule has 2 atom stereocenters. The second-order valence-corrected chi connectivity index (χ2v) is 6.45. The van der Waals surface area contributed by atoms with Crippen molar-refractivity contribution in [1.29, 1.82) is 0 Å². The second kappa shape index (κ2) is 4.96. The van der Waals surface area contributed by atoms with Gasteiger partial charge in [-0.25, -0.2) is 0 Å². The lowest BCUT2D eigenvalue weighted by Gasteiger charge is -2.44. The molecular formula is C16H15BrN2O3. The molecule has 0 aliphatic carbocycles. The van der Waals surface area contributed by atoms with E-state index in [-0.39, 0.29) is 5.75 Å². The van der Waals surface area contributed by atoms with Crippen molar-refractivity contribution in [3.05, 3.63) is 52.0 Å². The molecule has 2 aromatic rings. The predicted octanol–water partition coefficient (Wildman–Crippen LogP) is 2.41. The van der Waals surface area contributed by atoms with Gasteiger partial charge in [0.05, 0.1) is 0 Å². The Labute approximate surface area is 136 Å². The van der Waals surface area contributed by atoms with Crippen molar-refractivity contribution in [3.8, 4) is 17.2 Å². The van der Waals surface area contributed by atoms with Gasteiger partial charge in [0.2, 0.25) is 0 Å². The topological polar surface area (TPSA) is 76.7 Å². The Morgan fingerprint density at radius 3 is 2.68 bits per heavy atom. The summed E-state index contributed by atoms with van der Waals surface area (Å²) in [5.41, 5.74) is 6.93. The Hall–Kier alpha value is -1.60. The minimum atomic E-state index is -0.775. The number of halogens is 1. The molecule has 1 saturated heterocycles. The van der Waals surface area contributed by atoms with E-state index in [9.17, 15) is 5.11 Å². The van der Waals surface area contributed by atoms with Gasteiger partial charge in [-0.2, -0.15) is 0 Å². The van der Waals surface area contributed by atoms with Crippen molar-refractivity contribution in [2.75, 3.05) is 13.1 Å². The lowest BCUT2D eigenvalue weighted by molar-refractivity contribution is -0.0971. The molecule has 0 radical (unpaired) electrons. The first-order chi connectivity index (χ1) is 10.6. The van der Waals surface area contributed by atoms with Crippen LogP contribution in [0.4, 0.5) is 0 Å². The van der Waals surface area contributed by atoms with Crippen LogP contribution in [0.3, 0.4) is 0 Å². The van der Waals surface area contributed by atoms with Gasteiger partial charge in [-0.05, 0) is 36.4 Å². The van der Waals surface area contributed by atoms with E-state index >= 15 is 0 Å². The third-order valence-electron chi connectivity index (χ3n) is 4.07. The lowest BCUT2D eigenvalue weighted by atomic mass is 9.82. The monoisotopic (exact) mass is 362 g/mol. The van der Waals surface area contributed by atoms with Crippen molar-refractivity contribution < 1.29 is 14.6 Å². The molecule has 2 aromatic carbocycles. The first kappa shape index (κ1) is 14.0. The molecule has 1 unspecified atom stereocenters. The fraction of sp³-hybridized carbons (Fsp3) is 0.250. The van der Waals surface area contributed by atoms with E-state index in [1.165, 1.54) is 0 Å². The molecule has 1 spiro atoms. The van der Waals surface area contributed by atoms with Gasteiger partial charge in [-0.3, -0.25) is 0 Å². The molecule has 0 amide bonds. The summed E-state index contributed by atoms with van der Waals surface area (Å²) < 4.78 is 13.1. The van der Waals surface area contributed by atoms with Crippen molar-refractivity contribution in [2.45, 2.75) is 11.8 Å². The average molecular weight is 363 g/mol. The molecule has 2 aliphatic heterocycles. The zero-order valence-corrected chi connectivity index (χ0v) is 13.3. The minimum Gasteiger partial charge on any atom is -0.508 e. The molecule has 22 heavy (non-hydrogen) atoms. The van der Waals surface area contributed by atoms with Crippen LogP contribution in [0.5, 0.6) is 17.2 Å². The normalized spacial score (nSPS) is 26.2. The van der Waals surface area contributed by atoms with Crippen LogP contribution >= 0.6 is 15.9 Å². The maximum Gasteiger partial charge on any atom is 0.140 e. The van der Waals surface area contributed by atoms with Crippen molar-refractivity contribution in [1.82, 2.24) is 5.32 Å². The van der Waals surface area contributed by atoms with E-state index in [0.717, 1.165) is 21.3 Å². The summed E-state index contributed by atoms with van der Waals surface area (Å²) in [7, 11) is 0. The number of phenols is 1. The number of nitrogens with two attached hydrogens (primary N) is 1. The zero-order valence-electron chi connectivity index (χ0n) is 11.7. The van der Waals surface area contributed by atoms with Crippen LogP contribution in [0.1, 0.15) is 11.1 Å². The van der Waals surface area contributed by atoms with Crippen LogP contribution in [0.15, 0.2) is 40.9 Å². The smallest absolute Gasteiger partial charge is 0.140 e. The average Bonchev–Trinajstić information content (AvgIpc) is 2.49. The SMILES string of the molecule is N[C@H]1CNCC2(O1)c1cc(O)ccc1Oc1ccc(Br)cc12. The number of hydrogen-bond donors (Lipinski definition) is 3. The molecule has 0 bridgehead atoms. The zero-order chi connectivity index (χ0) is 15.3. The fourth-order valence-corrected chi connectivity index (χ4v) is 3.50. The van der Waals surface area contributed by atoms with E-state index in [1.54, 1.807) is 18.2 Å². The molecule has 4 rings (SSSR count). The third-order valence-corrected chi connectivity index (χ3v) is 4.56. The van der Waals surface area contributed by atoms with Crippen molar-refractivity contribution >= 4 is 15.9 Å². The number of phenolic OH excluding ortho intramolecular Hbond substituents is 1. The van der Waals surface area contributed by atoms with Gasteiger partial charge >= 0.3 is 0 Å². The summed E-state index contributed by atoms with van der Waals surface area (Å²) in [5.74, 6) is 1.57. The van der Waals surface area contributed by atoms with E-state index in [4.69, 9.17) is 15.2 Å². The first-order valence-electron chi connectivity index (χ1n) is 7.04. The molecule has 6 heteroatoms. The molecule has 114 valence electrons. The van der Waals surface area contributed by atoms with Crippen LogP contribution < -0.4 is 15.8 Å². The number of morpholine rings is 1. The van der Waals surface area contributed by atoms with Crippen LogP contribution in [0, 0.1) is 0 Å². The minimum absolute atomic E-state index is 0.169. The third kappa shape index (κ3) is 2.03. The predicted molar refractivity (Wildman–Crippen MR) is 85.0 cm³/mol. The van der Waals surface area contributed by atoms with E-state index < -0.39 is 11.8 Å². The van der Waals surface area contributed by atoms with Crippen LogP contribution in [0.25, 0.3) is 0 Å². The molecule has 1 fully saturated rings. The highest BCUT2D eigenvalue weighted by Gasteiger charge is 2.46. The maximum absolute atomic E-state index is 9.90. The van der Waals surface area contributed by atoms with Gasteiger partial charge < -0.3 is 25.6 Å². The highest BCUT2D eigenvalue weighted by atomic mass is 79.9. The number of hydrogen-bond acceptors (Lipinski definition) is 5. The molecule has 4 N–H and O–H groups in total. The number of benzene rings is 2. The summed E-state index contributed by atoms with van der Waals surface area (Å²) in [4.78, 5) is 0. The Balaban J connectivity index is 1.99. The van der Waals surface area contributed by atoms with Gasteiger partial charge in [0, 0.05) is 28.7 Å². The van der Waals surface area contributed by atoms with Crippen molar-refractivity contribution in [3.63, 3.8) is 0 Å². The number of ether oxygens (including phenoxy) is 2. The van der Waals surface area contributed by atoms with Crippen molar-refractivity contribution in [2.24, 2.45) is 5.73 Å². The summed E-state index contributed by atoms with van der Waals surface area (Å²) in [5, 5.41) is 13.2. The number of aromatic hydroxyl groups is 1. The Bertz CT molecular complexity index is 699. The largest absolute Gasteiger partial charge is 0.508 e. The van der Waals surface area contributed by atoms with Gasteiger partial charge in [0.1, 0.15) is 29.1 Å². The van der Waals surface area contributed by atoms with Crippen LogP contribution in [-0.4, -0.2) is 24.4 Å². The number of nitrogens with one attached hydrogen (secondary N) is 1. The van der Waals surface area contributed by atoms with Gasteiger partial charge in [0.15, 0.2) is 0 Å². The van der Waals surface area contributed by atoms with Gasteiger partial charge in [0.25, 0.3) is 0 Å². The Morgan fingerprint density at radius 1 is 1.18 bits per heavy atom.